The molecule has 0 unspecified atom stereocenters. The van der Waals surface area contributed by atoms with Crippen LogP contribution in [0.25, 0.3) is 0 Å². The van der Waals surface area contributed by atoms with Gasteiger partial charge in [0.2, 0.25) is 0 Å². The van der Waals surface area contributed by atoms with Gasteiger partial charge in [0.15, 0.2) is 0 Å². The summed E-state index contributed by atoms with van der Waals surface area (Å²) in [5.41, 5.74) is 0. The molecule has 0 heterocycles. The first-order valence-electron chi connectivity index (χ1n) is 2.91. The summed E-state index contributed by atoms with van der Waals surface area (Å²) in [5, 5.41) is 0. The number of rotatable bonds is 3. The average molecular weight is 104 g/mol. The molecule has 44 valence electrons. The monoisotopic (exact) mass is 104 g/mol. The fraction of sp³-hybridized carbons (Fsp3) is 1.00. The predicted octanol–water partition coefficient (Wildman–Crippen LogP) is 2.53. The summed E-state index contributed by atoms with van der Waals surface area (Å²) in [6, 6.07) is 0. The average Bonchev–Trinajstić information content (AvgIpc) is 1.61. The van der Waals surface area contributed by atoms with Gasteiger partial charge in [0, 0.05) is 0 Å². The Kier molecular flexibility index (Phi) is 4.06. The Hall–Kier alpha value is -0.0700. The van der Waals surface area contributed by atoms with E-state index in [1.807, 2.05) is 0 Å². The van der Waals surface area contributed by atoms with Crippen molar-refractivity contribution in [2.75, 3.05) is 0 Å². The van der Waals surface area contributed by atoms with E-state index < -0.39 is 6.17 Å². The molecular weight excluding hydrogens is 91.1 g/mol. The molecule has 1 atom stereocenters. The molecule has 0 aromatic heterocycles. The first-order chi connectivity index (χ1) is 3.27. The van der Waals surface area contributed by atoms with E-state index in [4.69, 9.17) is 0 Å². The van der Waals surface area contributed by atoms with Crippen LogP contribution in [0.5, 0.6) is 0 Å². The molecule has 0 saturated carbocycles. The van der Waals surface area contributed by atoms with Crippen LogP contribution >= 0.6 is 0 Å². The Morgan fingerprint density at radius 1 is 1.57 bits per heavy atom. The maximum Gasteiger partial charge on any atom is 0.0973 e. The molecule has 0 radical (unpaired) electrons. The Labute approximate surface area is 44.7 Å². The van der Waals surface area contributed by atoms with Crippen molar-refractivity contribution in [2.45, 2.75) is 39.3 Å². The van der Waals surface area contributed by atoms with Crippen LogP contribution in [0.2, 0.25) is 0 Å². The topological polar surface area (TPSA) is 0 Å². The van der Waals surface area contributed by atoms with Crippen molar-refractivity contribution >= 4 is 0 Å². The molecule has 0 rings (SSSR count). The van der Waals surface area contributed by atoms with Crippen LogP contribution < -0.4 is 0 Å². The van der Waals surface area contributed by atoms with Crippen molar-refractivity contribution in [1.82, 2.24) is 0 Å². The van der Waals surface area contributed by atoms with Crippen LogP contribution in [0.15, 0.2) is 0 Å². The molecule has 0 aliphatic heterocycles. The second-order valence-electron chi connectivity index (χ2n) is 1.92. The van der Waals surface area contributed by atoms with E-state index in [1.165, 1.54) is 0 Å². The van der Waals surface area contributed by atoms with Crippen molar-refractivity contribution in [3.05, 3.63) is 0 Å². The summed E-state index contributed by atoms with van der Waals surface area (Å²) < 4.78 is 11.9. The van der Waals surface area contributed by atoms with Gasteiger partial charge in [-0.25, -0.2) is 4.39 Å². The van der Waals surface area contributed by atoms with Crippen LogP contribution in [0, 0.1) is 0 Å². The molecule has 1 heteroatoms. The summed E-state index contributed by atoms with van der Waals surface area (Å²) >= 11 is 0. The quantitative estimate of drug-likeness (QED) is 0.516. The molecule has 0 spiro atoms. The zero-order valence-electron chi connectivity index (χ0n) is 5.08. The largest absolute Gasteiger partial charge is 0.248 e. The summed E-state index contributed by atoms with van der Waals surface area (Å²) in [6.07, 6.45) is 2.27. The molecular formula is C6H13F. The van der Waals surface area contributed by atoms with Gasteiger partial charge in [-0.2, -0.15) is 0 Å². The lowest BCUT2D eigenvalue weighted by Gasteiger charge is -1.95. The van der Waals surface area contributed by atoms with Crippen molar-refractivity contribution in [1.29, 1.82) is 0 Å². The molecule has 0 N–H and O–H groups in total. The highest BCUT2D eigenvalue weighted by Crippen LogP contribution is 2.01. The number of halogens is 1. The lowest BCUT2D eigenvalue weighted by Crippen LogP contribution is -1.89. The number of hydrogen-bond donors (Lipinski definition) is 0. The minimum Gasteiger partial charge on any atom is -0.248 e. The van der Waals surface area contributed by atoms with Crippen molar-refractivity contribution < 1.29 is 4.39 Å². The van der Waals surface area contributed by atoms with Gasteiger partial charge in [0.25, 0.3) is 0 Å². The Morgan fingerprint density at radius 3 is 2.29 bits per heavy atom. The van der Waals surface area contributed by atoms with E-state index in [0.29, 0.717) is 0 Å². The zero-order chi connectivity index (χ0) is 5.70. The van der Waals surface area contributed by atoms with E-state index >= 15 is 0 Å². The second-order valence-corrected chi connectivity index (χ2v) is 1.92. The van der Waals surface area contributed by atoms with E-state index in [2.05, 4.69) is 6.92 Å². The molecule has 0 aromatic rings. The minimum atomic E-state index is -0.597. The molecule has 0 fully saturated rings. The van der Waals surface area contributed by atoms with Crippen molar-refractivity contribution in [3.8, 4) is 0 Å². The van der Waals surface area contributed by atoms with Gasteiger partial charge in [0.05, 0.1) is 6.17 Å². The summed E-state index contributed by atoms with van der Waals surface area (Å²) in [7, 11) is 0. The fourth-order valence-corrected chi connectivity index (χ4v) is 0.485. The van der Waals surface area contributed by atoms with E-state index in [-0.39, 0.29) is 0 Å². The number of alkyl halides is 1. The third-order valence-corrected chi connectivity index (χ3v) is 0.955. The Morgan fingerprint density at radius 2 is 2.14 bits per heavy atom. The molecule has 0 aromatic carbocycles. The van der Waals surface area contributed by atoms with Crippen LogP contribution in [-0.4, -0.2) is 6.17 Å². The van der Waals surface area contributed by atoms with Crippen LogP contribution in [0.3, 0.4) is 0 Å². The van der Waals surface area contributed by atoms with Gasteiger partial charge in [-0.3, -0.25) is 0 Å². The maximum atomic E-state index is 11.9. The first-order valence-corrected chi connectivity index (χ1v) is 2.91. The normalized spacial score (nSPS) is 14.1. The number of unbranched alkanes of at least 4 members (excludes halogenated alkanes) is 1. The lowest BCUT2D eigenvalue weighted by atomic mass is 10.2. The molecule has 0 bridgehead atoms. The van der Waals surface area contributed by atoms with Crippen LogP contribution in [0.4, 0.5) is 4.39 Å². The SMILES string of the molecule is CCCC[C@H](C)F. The highest BCUT2D eigenvalue weighted by atomic mass is 19.1. The highest BCUT2D eigenvalue weighted by Gasteiger charge is 1.93. The molecule has 0 saturated heterocycles. The smallest absolute Gasteiger partial charge is 0.0973 e. The van der Waals surface area contributed by atoms with Gasteiger partial charge in [0.1, 0.15) is 0 Å². The van der Waals surface area contributed by atoms with Gasteiger partial charge in [-0.05, 0) is 13.3 Å². The molecule has 0 amide bonds. The minimum absolute atomic E-state index is 0.597. The number of hydrogen-bond acceptors (Lipinski definition) is 0. The molecule has 0 aliphatic carbocycles. The standard InChI is InChI=1S/C6H13F/c1-3-4-5-6(2)7/h6H,3-5H2,1-2H3/t6-/m0/s1. The van der Waals surface area contributed by atoms with Gasteiger partial charge in [-0.1, -0.05) is 19.8 Å². The van der Waals surface area contributed by atoms with Crippen molar-refractivity contribution in [3.63, 3.8) is 0 Å². The second kappa shape index (κ2) is 4.10. The predicted molar refractivity (Wildman–Crippen MR) is 30.1 cm³/mol. The van der Waals surface area contributed by atoms with Crippen LogP contribution in [0.1, 0.15) is 33.1 Å². The Balaban J connectivity index is 2.68. The fourth-order valence-electron chi connectivity index (χ4n) is 0.485. The molecule has 0 nitrogen and oxygen atoms in total. The third-order valence-electron chi connectivity index (χ3n) is 0.955. The first kappa shape index (κ1) is 6.93. The van der Waals surface area contributed by atoms with E-state index in [0.717, 1.165) is 19.3 Å². The zero-order valence-corrected chi connectivity index (χ0v) is 5.08. The van der Waals surface area contributed by atoms with Gasteiger partial charge < -0.3 is 0 Å². The van der Waals surface area contributed by atoms with Gasteiger partial charge >= 0.3 is 0 Å². The van der Waals surface area contributed by atoms with Crippen LogP contribution in [-0.2, 0) is 0 Å². The summed E-state index contributed by atoms with van der Waals surface area (Å²) in [6.45, 7) is 3.68. The Bertz CT molecular complexity index is 33.2. The van der Waals surface area contributed by atoms with E-state index in [9.17, 15) is 4.39 Å². The van der Waals surface area contributed by atoms with E-state index in [1.54, 1.807) is 6.92 Å². The summed E-state index contributed by atoms with van der Waals surface area (Å²) in [5.74, 6) is 0. The third kappa shape index (κ3) is 5.93. The molecule has 7 heavy (non-hydrogen) atoms. The van der Waals surface area contributed by atoms with Crippen molar-refractivity contribution in [2.24, 2.45) is 0 Å². The lowest BCUT2D eigenvalue weighted by molar-refractivity contribution is 0.333. The highest BCUT2D eigenvalue weighted by molar-refractivity contribution is 4.44. The van der Waals surface area contributed by atoms with Gasteiger partial charge in [-0.15, -0.1) is 0 Å². The summed E-state index contributed by atoms with van der Waals surface area (Å²) in [4.78, 5) is 0. The molecule has 0 aliphatic rings. The maximum absolute atomic E-state index is 11.9.